The standard InChI is InChI=1S/C58H92O6/c1-4-7-10-13-16-19-21-23-25-27-29-31-32-34-36-39-42-45-48-51-57(60)63-54-55(53-62-56(59)50-47-44-41-38-18-15-12-9-6-3)64-58(61)52-49-46-43-40-37-35-33-30-28-26-24-22-20-17-14-11-8-5-2/h7,9-10,12,16,18-19,22-26,28-31,33,38,44,47,55H,4-6,8,11,13-15,17,20-21,27,32,34-37,39-43,45-46,48-54H2,1-3H3/b10-7-,12-9-,19-16-,24-22-,25-23-,28-26-,31-29-,33-30-,38-18-,47-44-. The van der Waals surface area contributed by atoms with Crippen LogP contribution in [-0.2, 0) is 28.6 Å². The number of ether oxygens (including phenoxy) is 3. The Morgan fingerprint density at radius 2 is 0.734 bits per heavy atom. The van der Waals surface area contributed by atoms with Gasteiger partial charge in [0.15, 0.2) is 6.10 Å². The molecule has 1 unspecified atom stereocenters. The van der Waals surface area contributed by atoms with Gasteiger partial charge in [-0.25, -0.2) is 0 Å². The molecule has 0 rings (SSSR count). The van der Waals surface area contributed by atoms with Crippen LogP contribution in [-0.4, -0.2) is 37.2 Å². The number of carbonyl (C=O) groups is 3. The molecule has 64 heavy (non-hydrogen) atoms. The minimum atomic E-state index is -0.833. The maximum atomic E-state index is 12.8. The van der Waals surface area contributed by atoms with E-state index in [1.807, 2.05) is 6.08 Å². The van der Waals surface area contributed by atoms with Crippen LogP contribution >= 0.6 is 0 Å². The highest BCUT2D eigenvalue weighted by Gasteiger charge is 2.19. The second-order valence-corrected chi connectivity index (χ2v) is 16.4. The van der Waals surface area contributed by atoms with E-state index in [0.29, 0.717) is 6.42 Å². The molecule has 0 aromatic carbocycles. The summed E-state index contributed by atoms with van der Waals surface area (Å²) in [7, 11) is 0. The summed E-state index contributed by atoms with van der Waals surface area (Å²) in [6.45, 7) is 6.24. The van der Waals surface area contributed by atoms with E-state index in [1.54, 1.807) is 6.08 Å². The van der Waals surface area contributed by atoms with Crippen LogP contribution in [0, 0.1) is 0 Å². The number of esters is 3. The van der Waals surface area contributed by atoms with Crippen LogP contribution in [0.4, 0.5) is 0 Å². The highest BCUT2D eigenvalue weighted by atomic mass is 16.6. The third-order valence-electron chi connectivity index (χ3n) is 10.3. The van der Waals surface area contributed by atoms with E-state index in [1.165, 1.54) is 44.9 Å². The van der Waals surface area contributed by atoms with Gasteiger partial charge in [0.2, 0.25) is 0 Å². The van der Waals surface area contributed by atoms with E-state index in [-0.39, 0.29) is 38.0 Å². The van der Waals surface area contributed by atoms with Gasteiger partial charge in [-0.1, -0.05) is 213 Å². The summed E-state index contributed by atoms with van der Waals surface area (Å²) in [4.78, 5) is 37.8. The maximum Gasteiger partial charge on any atom is 0.309 e. The quantitative estimate of drug-likeness (QED) is 0.0199. The molecule has 0 amide bonds. The Labute approximate surface area is 392 Å². The van der Waals surface area contributed by atoms with Gasteiger partial charge in [-0.3, -0.25) is 14.4 Å². The van der Waals surface area contributed by atoms with E-state index in [9.17, 15) is 14.4 Å². The van der Waals surface area contributed by atoms with Gasteiger partial charge < -0.3 is 14.2 Å². The van der Waals surface area contributed by atoms with E-state index >= 15 is 0 Å². The Hall–Kier alpha value is -4.19. The lowest BCUT2D eigenvalue weighted by molar-refractivity contribution is -0.166. The van der Waals surface area contributed by atoms with Crippen LogP contribution < -0.4 is 0 Å². The molecule has 0 spiro atoms. The van der Waals surface area contributed by atoms with Crippen molar-refractivity contribution >= 4 is 17.9 Å². The highest BCUT2D eigenvalue weighted by molar-refractivity contribution is 5.72. The molecule has 0 aromatic heterocycles. The average Bonchev–Trinajstić information content (AvgIpc) is 3.29. The van der Waals surface area contributed by atoms with Crippen molar-refractivity contribution in [3.05, 3.63) is 122 Å². The molecule has 0 radical (unpaired) electrons. The SMILES string of the molecule is CC/C=C\C/C=C\C/C=C\C/C=C\CCCCCCCCC(=O)OCC(COC(=O)C/C=C\C/C=C\C/C=C\CC)OC(=O)CCCCCCC\C=C/C=C\C=C/CCCCCCC. The summed E-state index contributed by atoms with van der Waals surface area (Å²) < 4.78 is 16.6. The highest BCUT2D eigenvalue weighted by Crippen LogP contribution is 2.12. The molecule has 360 valence electrons. The summed E-state index contributed by atoms with van der Waals surface area (Å²) in [5.41, 5.74) is 0. The van der Waals surface area contributed by atoms with Gasteiger partial charge in [-0.2, -0.15) is 0 Å². The summed E-state index contributed by atoms with van der Waals surface area (Å²) >= 11 is 0. The lowest BCUT2D eigenvalue weighted by atomic mass is 10.1. The Morgan fingerprint density at radius 1 is 0.359 bits per heavy atom. The van der Waals surface area contributed by atoms with Gasteiger partial charge >= 0.3 is 17.9 Å². The minimum Gasteiger partial charge on any atom is -0.462 e. The normalized spacial score (nSPS) is 13.1. The summed E-state index contributed by atoms with van der Waals surface area (Å²) in [5, 5.41) is 0. The molecule has 0 N–H and O–H groups in total. The van der Waals surface area contributed by atoms with Crippen LogP contribution in [0.25, 0.3) is 0 Å². The summed E-state index contributed by atoms with van der Waals surface area (Å²) in [5.74, 6) is -1.10. The summed E-state index contributed by atoms with van der Waals surface area (Å²) in [6.07, 6.45) is 70.7. The zero-order valence-electron chi connectivity index (χ0n) is 41.0. The summed E-state index contributed by atoms with van der Waals surface area (Å²) in [6, 6.07) is 0. The number of carbonyl (C=O) groups excluding carboxylic acids is 3. The number of allylic oxidation sites excluding steroid dienone is 19. The Bertz CT molecular complexity index is 1390. The average molecular weight is 885 g/mol. The van der Waals surface area contributed by atoms with Crippen molar-refractivity contribution < 1.29 is 28.6 Å². The van der Waals surface area contributed by atoms with Crippen LogP contribution in [0.5, 0.6) is 0 Å². The third-order valence-corrected chi connectivity index (χ3v) is 10.3. The molecule has 0 fully saturated rings. The van der Waals surface area contributed by atoms with Crippen LogP contribution in [0.1, 0.15) is 207 Å². The molecule has 0 aromatic rings. The first-order chi connectivity index (χ1) is 31.5. The fraction of sp³-hybridized carbons (Fsp3) is 0.603. The fourth-order valence-electron chi connectivity index (χ4n) is 6.49. The van der Waals surface area contributed by atoms with E-state index in [0.717, 1.165) is 122 Å². The molecule has 6 nitrogen and oxygen atoms in total. The second-order valence-electron chi connectivity index (χ2n) is 16.4. The lowest BCUT2D eigenvalue weighted by Gasteiger charge is -2.18. The smallest absolute Gasteiger partial charge is 0.309 e. The molecule has 0 aliphatic carbocycles. The Kier molecular flexibility index (Phi) is 48.1. The van der Waals surface area contributed by atoms with Crippen molar-refractivity contribution in [1.82, 2.24) is 0 Å². The molecule has 0 saturated carbocycles. The van der Waals surface area contributed by atoms with Gasteiger partial charge in [0, 0.05) is 12.8 Å². The van der Waals surface area contributed by atoms with Crippen LogP contribution in [0.3, 0.4) is 0 Å². The zero-order valence-corrected chi connectivity index (χ0v) is 41.0. The van der Waals surface area contributed by atoms with Crippen molar-refractivity contribution in [2.45, 2.75) is 213 Å². The van der Waals surface area contributed by atoms with Gasteiger partial charge in [0.1, 0.15) is 13.2 Å². The van der Waals surface area contributed by atoms with Crippen LogP contribution in [0.15, 0.2) is 122 Å². The molecule has 6 heteroatoms. The van der Waals surface area contributed by atoms with E-state index < -0.39 is 12.1 Å². The topological polar surface area (TPSA) is 78.9 Å². The molecular formula is C58H92O6. The van der Waals surface area contributed by atoms with E-state index in [4.69, 9.17) is 14.2 Å². The van der Waals surface area contributed by atoms with Crippen molar-refractivity contribution in [3.63, 3.8) is 0 Å². The first kappa shape index (κ1) is 59.8. The van der Waals surface area contributed by atoms with Crippen molar-refractivity contribution in [2.24, 2.45) is 0 Å². The largest absolute Gasteiger partial charge is 0.462 e. The number of hydrogen-bond acceptors (Lipinski definition) is 6. The Morgan fingerprint density at radius 3 is 1.22 bits per heavy atom. The molecule has 0 heterocycles. The van der Waals surface area contributed by atoms with Gasteiger partial charge in [-0.05, 0) is 96.3 Å². The molecule has 0 aliphatic rings. The number of unbranched alkanes of at least 4 members (excludes halogenated alkanes) is 16. The van der Waals surface area contributed by atoms with Crippen molar-refractivity contribution in [3.8, 4) is 0 Å². The molecule has 0 bridgehead atoms. The third kappa shape index (κ3) is 48.8. The molecule has 1 atom stereocenters. The lowest BCUT2D eigenvalue weighted by Crippen LogP contribution is -2.30. The first-order valence-electron chi connectivity index (χ1n) is 25.6. The van der Waals surface area contributed by atoms with E-state index in [2.05, 4.69) is 130 Å². The van der Waals surface area contributed by atoms with Crippen molar-refractivity contribution in [2.75, 3.05) is 13.2 Å². The molecule has 0 aliphatic heterocycles. The maximum absolute atomic E-state index is 12.8. The zero-order chi connectivity index (χ0) is 46.5. The van der Waals surface area contributed by atoms with Gasteiger partial charge in [0.05, 0.1) is 6.42 Å². The molecular weight excluding hydrogens is 793 g/mol. The predicted octanol–water partition coefficient (Wildman–Crippen LogP) is 16.9. The Balaban J connectivity index is 4.46. The monoisotopic (exact) mass is 885 g/mol. The second kappa shape index (κ2) is 51.4. The predicted molar refractivity (Wildman–Crippen MR) is 274 cm³/mol. The van der Waals surface area contributed by atoms with Crippen molar-refractivity contribution in [1.29, 1.82) is 0 Å². The number of rotatable bonds is 44. The molecule has 0 saturated heterocycles. The van der Waals surface area contributed by atoms with Gasteiger partial charge in [-0.15, -0.1) is 0 Å². The van der Waals surface area contributed by atoms with Crippen LogP contribution in [0.2, 0.25) is 0 Å². The minimum absolute atomic E-state index is 0.123. The van der Waals surface area contributed by atoms with Gasteiger partial charge in [0.25, 0.3) is 0 Å². The fourth-order valence-corrected chi connectivity index (χ4v) is 6.49. The first-order valence-corrected chi connectivity index (χ1v) is 25.6. The number of hydrogen-bond donors (Lipinski definition) is 0.